The van der Waals surface area contributed by atoms with Gasteiger partial charge in [-0.15, -0.1) is 0 Å². The van der Waals surface area contributed by atoms with Crippen LogP contribution in [0, 0.1) is 16.7 Å². The summed E-state index contributed by atoms with van der Waals surface area (Å²) in [6.45, 7) is 0. The number of rotatable bonds is 1. The normalized spacial score (nSPS) is 24.2. The van der Waals surface area contributed by atoms with E-state index in [0.717, 1.165) is 24.1 Å². The minimum Gasteiger partial charge on any atom is -0.399 e. The third kappa shape index (κ3) is 1.53. The molecule has 2 N–H and O–H groups in total. The summed E-state index contributed by atoms with van der Waals surface area (Å²) in [6.07, 6.45) is 7.46. The molecular formula is C15H18N2. The average Bonchev–Trinajstić information content (AvgIpc) is 2.76. The molecule has 0 amide bonds. The Morgan fingerprint density at radius 1 is 1.06 bits per heavy atom. The molecule has 0 aliphatic heterocycles. The van der Waals surface area contributed by atoms with Gasteiger partial charge in [0.1, 0.15) is 0 Å². The van der Waals surface area contributed by atoms with Gasteiger partial charge in [0.2, 0.25) is 0 Å². The van der Waals surface area contributed by atoms with Crippen LogP contribution in [0.2, 0.25) is 0 Å². The van der Waals surface area contributed by atoms with Crippen LogP contribution in [0.15, 0.2) is 24.3 Å². The van der Waals surface area contributed by atoms with Crippen LogP contribution in [0.4, 0.5) is 5.69 Å². The van der Waals surface area contributed by atoms with Gasteiger partial charge in [-0.05, 0) is 48.8 Å². The highest BCUT2D eigenvalue weighted by Gasteiger charge is 2.56. The Balaban J connectivity index is 1.86. The topological polar surface area (TPSA) is 49.8 Å². The zero-order valence-corrected chi connectivity index (χ0v) is 10.1. The second kappa shape index (κ2) is 3.50. The predicted molar refractivity (Wildman–Crippen MR) is 68.3 cm³/mol. The first-order valence-corrected chi connectivity index (χ1v) is 6.45. The van der Waals surface area contributed by atoms with Crippen LogP contribution >= 0.6 is 0 Å². The number of nitrogens with two attached hydrogens (primary N) is 1. The number of hydrogen-bond acceptors (Lipinski definition) is 2. The fraction of sp³-hybridized carbons (Fsp3) is 0.533. The number of nitrogen functional groups attached to an aromatic ring is 1. The molecule has 0 bridgehead atoms. The standard InChI is InChI=1S/C15H18N2/c16-11-15(12-3-5-13(17)6-4-12)9-14(10-15)7-1-2-8-14/h3-6H,1-2,7-10,17H2. The number of hydrogen-bond donors (Lipinski definition) is 1. The molecule has 0 atom stereocenters. The lowest BCUT2D eigenvalue weighted by atomic mass is 9.50. The molecule has 2 aliphatic rings. The van der Waals surface area contributed by atoms with Crippen molar-refractivity contribution in [2.24, 2.45) is 5.41 Å². The molecule has 1 aromatic rings. The van der Waals surface area contributed by atoms with E-state index in [1.807, 2.05) is 24.3 Å². The zero-order chi connectivity index (χ0) is 11.9. The van der Waals surface area contributed by atoms with Crippen molar-refractivity contribution in [2.45, 2.75) is 43.9 Å². The highest BCUT2D eigenvalue weighted by Crippen LogP contribution is 2.62. The summed E-state index contributed by atoms with van der Waals surface area (Å²) in [5.74, 6) is 0. The maximum atomic E-state index is 9.52. The highest BCUT2D eigenvalue weighted by molar-refractivity contribution is 5.45. The molecule has 1 aromatic carbocycles. The fourth-order valence-corrected chi connectivity index (χ4v) is 3.86. The zero-order valence-electron chi connectivity index (χ0n) is 10.1. The molecule has 0 saturated heterocycles. The maximum absolute atomic E-state index is 9.52. The van der Waals surface area contributed by atoms with E-state index < -0.39 is 0 Å². The monoisotopic (exact) mass is 226 g/mol. The van der Waals surface area contributed by atoms with Crippen molar-refractivity contribution in [3.8, 4) is 6.07 Å². The van der Waals surface area contributed by atoms with Crippen molar-refractivity contribution in [1.82, 2.24) is 0 Å². The molecule has 2 aliphatic carbocycles. The van der Waals surface area contributed by atoms with Crippen molar-refractivity contribution in [3.63, 3.8) is 0 Å². The molecule has 1 spiro atoms. The molecular weight excluding hydrogens is 208 g/mol. The smallest absolute Gasteiger partial charge is 0.0833 e. The van der Waals surface area contributed by atoms with Gasteiger partial charge in [0, 0.05) is 5.69 Å². The lowest BCUT2D eigenvalue weighted by Gasteiger charge is -2.51. The summed E-state index contributed by atoms with van der Waals surface area (Å²) in [4.78, 5) is 0. The Morgan fingerprint density at radius 3 is 2.18 bits per heavy atom. The molecule has 88 valence electrons. The SMILES string of the molecule is N#CC1(c2ccc(N)cc2)CC2(CCCC2)C1. The van der Waals surface area contributed by atoms with Crippen LogP contribution < -0.4 is 5.73 Å². The van der Waals surface area contributed by atoms with Crippen molar-refractivity contribution in [2.75, 3.05) is 5.73 Å². The van der Waals surface area contributed by atoms with E-state index in [9.17, 15) is 5.26 Å². The third-order valence-electron chi connectivity index (χ3n) is 4.70. The number of anilines is 1. The van der Waals surface area contributed by atoms with E-state index in [-0.39, 0.29) is 5.41 Å². The second-order valence-electron chi connectivity index (χ2n) is 5.88. The summed E-state index contributed by atoms with van der Waals surface area (Å²) in [6, 6.07) is 10.4. The molecule has 0 heterocycles. The van der Waals surface area contributed by atoms with Gasteiger partial charge in [-0.1, -0.05) is 25.0 Å². The van der Waals surface area contributed by atoms with Crippen molar-refractivity contribution in [3.05, 3.63) is 29.8 Å². The quantitative estimate of drug-likeness (QED) is 0.746. The Labute approximate surface area is 102 Å². The van der Waals surface area contributed by atoms with E-state index in [1.165, 1.54) is 25.7 Å². The van der Waals surface area contributed by atoms with E-state index in [1.54, 1.807) is 0 Å². The van der Waals surface area contributed by atoms with E-state index in [4.69, 9.17) is 5.73 Å². The summed E-state index contributed by atoms with van der Waals surface area (Å²) in [5, 5.41) is 9.52. The first-order valence-electron chi connectivity index (χ1n) is 6.45. The van der Waals surface area contributed by atoms with Crippen LogP contribution in [0.3, 0.4) is 0 Å². The number of nitriles is 1. The Bertz CT molecular complexity index is 453. The predicted octanol–water partition coefficient (Wildman–Crippen LogP) is 3.38. The van der Waals surface area contributed by atoms with Crippen LogP contribution in [0.25, 0.3) is 0 Å². The highest BCUT2D eigenvalue weighted by atomic mass is 14.6. The van der Waals surface area contributed by atoms with Gasteiger partial charge in [0.25, 0.3) is 0 Å². The van der Waals surface area contributed by atoms with Crippen molar-refractivity contribution in [1.29, 1.82) is 5.26 Å². The Morgan fingerprint density at radius 2 is 1.65 bits per heavy atom. The lowest BCUT2D eigenvalue weighted by Crippen LogP contribution is -2.47. The Hall–Kier alpha value is -1.49. The number of benzene rings is 1. The molecule has 17 heavy (non-hydrogen) atoms. The van der Waals surface area contributed by atoms with Crippen molar-refractivity contribution < 1.29 is 0 Å². The maximum Gasteiger partial charge on any atom is 0.0833 e. The molecule has 2 heteroatoms. The average molecular weight is 226 g/mol. The largest absolute Gasteiger partial charge is 0.399 e. The molecule has 2 fully saturated rings. The van der Waals surface area contributed by atoms with Crippen LogP contribution in [0.5, 0.6) is 0 Å². The Kier molecular flexibility index (Phi) is 2.19. The minimum atomic E-state index is -0.224. The van der Waals surface area contributed by atoms with Crippen LogP contribution in [-0.2, 0) is 5.41 Å². The molecule has 3 rings (SSSR count). The second-order valence-corrected chi connectivity index (χ2v) is 5.88. The van der Waals surface area contributed by atoms with E-state index in [0.29, 0.717) is 5.41 Å². The van der Waals surface area contributed by atoms with E-state index >= 15 is 0 Å². The van der Waals surface area contributed by atoms with Gasteiger partial charge in [-0.3, -0.25) is 0 Å². The molecule has 0 aromatic heterocycles. The molecule has 0 unspecified atom stereocenters. The van der Waals surface area contributed by atoms with Gasteiger partial charge >= 0.3 is 0 Å². The van der Waals surface area contributed by atoms with Gasteiger partial charge in [-0.25, -0.2) is 0 Å². The summed E-state index contributed by atoms with van der Waals surface area (Å²) in [5.41, 5.74) is 7.91. The fourth-order valence-electron chi connectivity index (χ4n) is 3.86. The summed E-state index contributed by atoms with van der Waals surface area (Å²) in [7, 11) is 0. The summed E-state index contributed by atoms with van der Waals surface area (Å²) < 4.78 is 0. The third-order valence-corrected chi connectivity index (χ3v) is 4.70. The molecule has 2 nitrogen and oxygen atoms in total. The summed E-state index contributed by atoms with van der Waals surface area (Å²) >= 11 is 0. The van der Waals surface area contributed by atoms with Gasteiger partial charge < -0.3 is 5.73 Å². The van der Waals surface area contributed by atoms with Crippen LogP contribution in [-0.4, -0.2) is 0 Å². The number of nitrogens with zero attached hydrogens (tertiary/aromatic N) is 1. The molecule has 2 saturated carbocycles. The van der Waals surface area contributed by atoms with Gasteiger partial charge in [0.05, 0.1) is 11.5 Å². The first-order chi connectivity index (χ1) is 8.18. The van der Waals surface area contributed by atoms with Gasteiger partial charge in [0.15, 0.2) is 0 Å². The first kappa shape index (κ1) is 10.7. The van der Waals surface area contributed by atoms with Crippen molar-refractivity contribution >= 4 is 5.69 Å². The molecule has 0 radical (unpaired) electrons. The minimum absolute atomic E-state index is 0.224. The lowest BCUT2D eigenvalue weighted by molar-refractivity contribution is 0.0648. The van der Waals surface area contributed by atoms with E-state index in [2.05, 4.69) is 6.07 Å². The van der Waals surface area contributed by atoms with Gasteiger partial charge in [-0.2, -0.15) is 5.26 Å². The van der Waals surface area contributed by atoms with Crippen LogP contribution in [0.1, 0.15) is 44.1 Å².